The number of methoxy groups -OCH3 is 1. The number of oxime groups is 1. The number of anilines is 2. The Hall–Kier alpha value is -3.99. The van der Waals surface area contributed by atoms with Gasteiger partial charge in [0.2, 0.25) is 0 Å². The third kappa shape index (κ3) is 7.64. The standard InChI is InChI=1S/C31H33ClFN5O4/c1-21(37-42-19-23-4-7-24(33)16-27(23)32)22-5-8-25(9-6-22)36-31-26-17-30(29(39-2)18-28(26)34-20-35-31)41-13-3-10-38-11-14-40-15-12-38/h4-9,16-18,20H,3,10-15,19H2,1-2H3,(H,34,35,36). The van der Waals surface area contributed by atoms with Crippen LogP contribution in [-0.2, 0) is 16.2 Å². The molecule has 9 nitrogen and oxygen atoms in total. The number of nitrogens with one attached hydrogen (secondary N) is 1. The fraction of sp³-hybridized carbons (Fsp3) is 0.323. The van der Waals surface area contributed by atoms with Gasteiger partial charge in [-0.05, 0) is 49.2 Å². The fourth-order valence-corrected chi connectivity index (χ4v) is 4.77. The fourth-order valence-electron chi connectivity index (χ4n) is 4.55. The van der Waals surface area contributed by atoms with Gasteiger partial charge in [-0.3, -0.25) is 4.90 Å². The van der Waals surface area contributed by atoms with Crippen molar-refractivity contribution in [2.24, 2.45) is 5.16 Å². The van der Waals surface area contributed by atoms with E-state index in [1.54, 1.807) is 13.2 Å². The number of hydrogen-bond acceptors (Lipinski definition) is 9. The topological polar surface area (TPSA) is 90.3 Å². The van der Waals surface area contributed by atoms with Gasteiger partial charge in [-0.1, -0.05) is 35.0 Å². The second-order valence-corrected chi connectivity index (χ2v) is 10.2. The molecule has 220 valence electrons. The second-order valence-electron chi connectivity index (χ2n) is 9.79. The van der Waals surface area contributed by atoms with E-state index < -0.39 is 5.82 Å². The molecule has 0 bridgehead atoms. The molecule has 1 fully saturated rings. The van der Waals surface area contributed by atoms with Crippen LogP contribution in [0.3, 0.4) is 0 Å². The molecule has 1 N–H and O–H groups in total. The molecule has 3 aromatic carbocycles. The molecule has 42 heavy (non-hydrogen) atoms. The molecular formula is C31H33ClFN5O4. The van der Waals surface area contributed by atoms with Crippen molar-refractivity contribution in [3.8, 4) is 11.5 Å². The molecule has 4 aromatic rings. The normalized spacial score (nSPS) is 14.1. The minimum absolute atomic E-state index is 0.140. The molecule has 2 heterocycles. The summed E-state index contributed by atoms with van der Waals surface area (Å²) in [4.78, 5) is 16.7. The van der Waals surface area contributed by atoms with E-state index in [0.717, 1.165) is 61.4 Å². The van der Waals surface area contributed by atoms with E-state index in [1.165, 1.54) is 18.5 Å². The Morgan fingerprint density at radius 2 is 1.88 bits per heavy atom. The van der Waals surface area contributed by atoms with Crippen molar-refractivity contribution in [1.29, 1.82) is 0 Å². The van der Waals surface area contributed by atoms with Crippen molar-refractivity contribution in [2.75, 3.05) is 51.9 Å². The first-order valence-corrected chi connectivity index (χ1v) is 14.1. The number of halogens is 2. The molecule has 0 aliphatic carbocycles. The zero-order valence-corrected chi connectivity index (χ0v) is 24.4. The molecule has 0 unspecified atom stereocenters. The van der Waals surface area contributed by atoms with Gasteiger partial charge in [0.05, 0.1) is 43.2 Å². The van der Waals surface area contributed by atoms with Crippen LogP contribution < -0.4 is 14.8 Å². The highest BCUT2D eigenvalue weighted by Crippen LogP contribution is 2.35. The molecule has 1 aliphatic rings. The lowest BCUT2D eigenvalue weighted by Gasteiger charge is -2.26. The number of rotatable bonds is 12. The summed E-state index contributed by atoms with van der Waals surface area (Å²) in [6.45, 7) is 7.01. The number of aromatic nitrogens is 2. The number of nitrogens with zero attached hydrogens (tertiary/aromatic N) is 4. The lowest BCUT2D eigenvalue weighted by molar-refractivity contribution is 0.0357. The first-order valence-electron chi connectivity index (χ1n) is 13.7. The number of hydrogen-bond donors (Lipinski definition) is 1. The minimum atomic E-state index is -0.393. The predicted octanol–water partition coefficient (Wildman–Crippen LogP) is 6.22. The van der Waals surface area contributed by atoms with E-state index >= 15 is 0 Å². The van der Waals surface area contributed by atoms with Gasteiger partial charge in [-0.25, -0.2) is 14.4 Å². The SMILES string of the molecule is COc1cc2ncnc(Nc3ccc(C(C)=NOCc4ccc(F)cc4Cl)cc3)c2cc1OCCCN1CCOCC1. The van der Waals surface area contributed by atoms with Crippen LogP contribution in [0, 0.1) is 5.82 Å². The Bertz CT molecular complexity index is 1530. The van der Waals surface area contributed by atoms with E-state index in [0.29, 0.717) is 40.2 Å². The van der Waals surface area contributed by atoms with E-state index in [-0.39, 0.29) is 6.61 Å². The number of fused-ring (bicyclic) bond motifs is 1. The monoisotopic (exact) mass is 593 g/mol. The maximum absolute atomic E-state index is 13.2. The summed E-state index contributed by atoms with van der Waals surface area (Å²) in [5.74, 6) is 1.53. The molecule has 5 rings (SSSR count). The van der Waals surface area contributed by atoms with Crippen LogP contribution in [0.15, 0.2) is 66.1 Å². The van der Waals surface area contributed by atoms with Crippen LogP contribution >= 0.6 is 11.6 Å². The highest BCUT2D eigenvalue weighted by Gasteiger charge is 2.14. The summed E-state index contributed by atoms with van der Waals surface area (Å²) in [7, 11) is 1.62. The number of morpholine rings is 1. The summed E-state index contributed by atoms with van der Waals surface area (Å²) in [6, 6.07) is 15.7. The maximum Gasteiger partial charge on any atom is 0.162 e. The van der Waals surface area contributed by atoms with Crippen LogP contribution in [0.1, 0.15) is 24.5 Å². The Labute approximate surface area is 249 Å². The molecule has 0 saturated carbocycles. The summed E-state index contributed by atoms with van der Waals surface area (Å²) in [5.41, 5.74) is 3.81. The highest BCUT2D eigenvalue weighted by molar-refractivity contribution is 6.31. The highest BCUT2D eigenvalue weighted by atomic mass is 35.5. The van der Waals surface area contributed by atoms with Crippen molar-refractivity contribution in [3.05, 3.63) is 82.9 Å². The van der Waals surface area contributed by atoms with Gasteiger partial charge in [0.1, 0.15) is 24.6 Å². The second kappa shape index (κ2) is 14.3. The Morgan fingerprint density at radius 3 is 2.64 bits per heavy atom. The summed E-state index contributed by atoms with van der Waals surface area (Å²) in [5, 5.41) is 8.68. The Morgan fingerprint density at radius 1 is 1.07 bits per heavy atom. The molecule has 0 atom stereocenters. The predicted molar refractivity (Wildman–Crippen MR) is 162 cm³/mol. The molecule has 11 heteroatoms. The van der Waals surface area contributed by atoms with Crippen molar-refractivity contribution >= 4 is 39.7 Å². The van der Waals surface area contributed by atoms with E-state index in [1.807, 2.05) is 43.3 Å². The largest absolute Gasteiger partial charge is 0.493 e. The summed E-state index contributed by atoms with van der Waals surface area (Å²) >= 11 is 6.06. The van der Waals surface area contributed by atoms with Gasteiger partial charge in [0.15, 0.2) is 11.5 Å². The van der Waals surface area contributed by atoms with Crippen LogP contribution in [0.4, 0.5) is 15.9 Å². The average molecular weight is 594 g/mol. The maximum atomic E-state index is 13.2. The number of benzene rings is 3. The molecule has 1 saturated heterocycles. The lowest BCUT2D eigenvalue weighted by atomic mass is 10.1. The van der Waals surface area contributed by atoms with Gasteiger partial charge >= 0.3 is 0 Å². The van der Waals surface area contributed by atoms with Crippen molar-refractivity contribution in [1.82, 2.24) is 14.9 Å². The van der Waals surface area contributed by atoms with E-state index in [4.69, 9.17) is 30.6 Å². The van der Waals surface area contributed by atoms with Gasteiger partial charge < -0.3 is 24.4 Å². The van der Waals surface area contributed by atoms with Crippen molar-refractivity contribution in [3.63, 3.8) is 0 Å². The third-order valence-corrected chi connectivity index (χ3v) is 7.25. The summed E-state index contributed by atoms with van der Waals surface area (Å²) in [6.07, 6.45) is 2.42. The zero-order valence-electron chi connectivity index (χ0n) is 23.6. The minimum Gasteiger partial charge on any atom is -0.493 e. The van der Waals surface area contributed by atoms with Crippen LogP contribution in [0.2, 0.25) is 5.02 Å². The van der Waals surface area contributed by atoms with Gasteiger partial charge in [0, 0.05) is 42.3 Å². The number of ether oxygens (including phenoxy) is 3. The van der Waals surface area contributed by atoms with Crippen molar-refractivity contribution in [2.45, 2.75) is 20.0 Å². The van der Waals surface area contributed by atoms with Crippen molar-refractivity contribution < 1.29 is 23.4 Å². The Balaban J connectivity index is 1.23. The molecule has 0 spiro atoms. The molecular weight excluding hydrogens is 561 g/mol. The quantitative estimate of drug-likeness (QED) is 0.118. The molecule has 0 amide bonds. The van der Waals surface area contributed by atoms with E-state index in [2.05, 4.69) is 25.3 Å². The van der Waals surface area contributed by atoms with Gasteiger partial charge in [-0.2, -0.15) is 0 Å². The summed E-state index contributed by atoms with van der Waals surface area (Å²) < 4.78 is 30.4. The molecule has 1 aliphatic heterocycles. The average Bonchev–Trinajstić information content (AvgIpc) is 3.01. The van der Waals surface area contributed by atoms with E-state index in [9.17, 15) is 4.39 Å². The van der Waals surface area contributed by atoms with Crippen LogP contribution in [0.25, 0.3) is 10.9 Å². The Kier molecular flexibility index (Phi) is 10.0. The smallest absolute Gasteiger partial charge is 0.162 e. The van der Waals surface area contributed by atoms with Crippen LogP contribution in [-0.4, -0.2) is 67.1 Å². The molecule has 1 aromatic heterocycles. The first-order chi connectivity index (χ1) is 20.5. The first kappa shape index (κ1) is 29.5. The van der Waals surface area contributed by atoms with Gasteiger partial charge in [-0.15, -0.1) is 0 Å². The third-order valence-electron chi connectivity index (χ3n) is 6.90. The van der Waals surface area contributed by atoms with Crippen LogP contribution in [0.5, 0.6) is 11.5 Å². The lowest BCUT2D eigenvalue weighted by Crippen LogP contribution is -2.37. The van der Waals surface area contributed by atoms with Gasteiger partial charge in [0.25, 0.3) is 0 Å². The zero-order chi connectivity index (χ0) is 29.3. The molecule has 0 radical (unpaired) electrons.